The molecule has 0 aromatic heterocycles. The Kier molecular flexibility index (Phi) is 2.74. The van der Waals surface area contributed by atoms with Crippen molar-refractivity contribution in [2.24, 2.45) is 5.10 Å². The van der Waals surface area contributed by atoms with Crippen LogP contribution in [0, 0.1) is 0 Å². The van der Waals surface area contributed by atoms with Gasteiger partial charge in [-0.1, -0.05) is 0 Å². The normalized spacial score (nSPS) is 19.9. The molecule has 0 saturated heterocycles. The van der Waals surface area contributed by atoms with Crippen LogP contribution in [-0.4, -0.2) is 48.8 Å². The number of carbonyl (C=O) groups is 1. The zero-order chi connectivity index (χ0) is 11.8. The highest BCUT2D eigenvalue weighted by Crippen LogP contribution is 2.27. The lowest BCUT2D eigenvalue weighted by atomic mass is 10.1. The monoisotopic (exact) mass is 221 g/mol. The van der Waals surface area contributed by atoms with Gasteiger partial charge in [-0.3, -0.25) is 4.79 Å². The number of likely N-dealkylation sites (N-methyl/N-ethyl adjacent to an activating group) is 1. The smallest absolute Gasteiger partial charge is 0.383 e. The lowest BCUT2D eigenvalue weighted by Gasteiger charge is -2.09. The Bertz CT molecular complexity index is 344. The van der Waals surface area contributed by atoms with Crippen LogP contribution in [-0.2, 0) is 4.79 Å². The van der Waals surface area contributed by atoms with Crippen molar-refractivity contribution >= 4 is 11.6 Å². The van der Waals surface area contributed by atoms with E-state index >= 15 is 0 Å². The van der Waals surface area contributed by atoms with E-state index in [0.717, 1.165) is 6.20 Å². The van der Waals surface area contributed by atoms with Crippen LogP contribution in [0.5, 0.6) is 0 Å². The molecule has 15 heavy (non-hydrogen) atoms. The summed E-state index contributed by atoms with van der Waals surface area (Å²) in [6.07, 6.45) is -3.50. The van der Waals surface area contributed by atoms with Gasteiger partial charge in [-0.25, -0.2) is 5.01 Å². The standard InChI is InChI=1S/C8H10F3N3O/c1-13(2)4-5-6(8(9,10)11)12-14(3)7(5)15/h4H,1-3H3/b5-4-. The first-order valence-corrected chi connectivity index (χ1v) is 4.06. The minimum atomic E-state index is -4.61. The SMILES string of the molecule is CN(C)/C=C1\C(=O)N(C)N=C1C(F)(F)F. The largest absolute Gasteiger partial charge is 0.435 e. The average molecular weight is 221 g/mol. The number of halogens is 3. The van der Waals surface area contributed by atoms with Crippen molar-refractivity contribution in [1.82, 2.24) is 9.91 Å². The molecule has 0 aromatic carbocycles. The number of hydrogen-bond donors (Lipinski definition) is 0. The molecule has 0 fully saturated rings. The van der Waals surface area contributed by atoms with Crippen LogP contribution in [0.4, 0.5) is 13.2 Å². The van der Waals surface area contributed by atoms with Crippen LogP contribution in [0.2, 0.25) is 0 Å². The Morgan fingerprint density at radius 2 is 1.93 bits per heavy atom. The molecule has 0 atom stereocenters. The van der Waals surface area contributed by atoms with Gasteiger partial charge in [-0.05, 0) is 0 Å². The summed E-state index contributed by atoms with van der Waals surface area (Å²) in [6, 6.07) is 0. The molecule has 0 radical (unpaired) electrons. The molecule has 1 rings (SSSR count). The summed E-state index contributed by atoms with van der Waals surface area (Å²) >= 11 is 0. The minimum Gasteiger partial charge on any atom is -0.383 e. The molecule has 0 N–H and O–H groups in total. The molecule has 0 spiro atoms. The quantitative estimate of drug-likeness (QED) is 0.614. The van der Waals surface area contributed by atoms with Crippen LogP contribution >= 0.6 is 0 Å². The molecule has 1 aliphatic rings. The van der Waals surface area contributed by atoms with Gasteiger partial charge in [-0.2, -0.15) is 18.3 Å². The fourth-order valence-corrected chi connectivity index (χ4v) is 1.11. The third kappa shape index (κ3) is 2.28. The molecule has 1 heterocycles. The van der Waals surface area contributed by atoms with Gasteiger partial charge >= 0.3 is 6.18 Å². The van der Waals surface area contributed by atoms with Crippen molar-refractivity contribution in [2.75, 3.05) is 21.1 Å². The molecule has 0 aromatic rings. The second kappa shape index (κ2) is 3.56. The third-order valence-electron chi connectivity index (χ3n) is 1.69. The highest BCUT2D eigenvalue weighted by Gasteiger charge is 2.45. The second-order valence-corrected chi connectivity index (χ2v) is 3.28. The summed E-state index contributed by atoms with van der Waals surface area (Å²) < 4.78 is 37.3. The molecular formula is C8H10F3N3O. The molecule has 7 heteroatoms. The van der Waals surface area contributed by atoms with Crippen LogP contribution in [0.15, 0.2) is 16.9 Å². The highest BCUT2D eigenvalue weighted by atomic mass is 19.4. The van der Waals surface area contributed by atoms with Crippen molar-refractivity contribution in [3.05, 3.63) is 11.8 Å². The molecule has 84 valence electrons. The topological polar surface area (TPSA) is 35.9 Å². The summed E-state index contributed by atoms with van der Waals surface area (Å²) in [5.74, 6) is -0.754. The minimum absolute atomic E-state index is 0.435. The maximum absolute atomic E-state index is 12.4. The van der Waals surface area contributed by atoms with E-state index in [9.17, 15) is 18.0 Å². The molecule has 0 aliphatic carbocycles. The van der Waals surface area contributed by atoms with Crippen LogP contribution in [0.3, 0.4) is 0 Å². The summed E-state index contributed by atoms with van der Waals surface area (Å²) in [7, 11) is 4.25. The van der Waals surface area contributed by atoms with Gasteiger partial charge in [0.2, 0.25) is 0 Å². The average Bonchev–Trinajstić information content (AvgIpc) is 2.30. The highest BCUT2D eigenvalue weighted by molar-refractivity contribution is 6.26. The van der Waals surface area contributed by atoms with E-state index in [1.54, 1.807) is 0 Å². The Hall–Kier alpha value is -1.53. The Labute approximate surface area is 84.6 Å². The zero-order valence-corrected chi connectivity index (χ0v) is 8.46. The first-order chi connectivity index (χ1) is 6.73. The number of hydrogen-bond acceptors (Lipinski definition) is 3. The van der Waals surface area contributed by atoms with E-state index in [4.69, 9.17) is 0 Å². The number of rotatable bonds is 1. The van der Waals surface area contributed by atoms with Gasteiger partial charge in [0, 0.05) is 27.3 Å². The van der Waals surface area contributed by atoms with Crippen LogP contribution in [0.25, 0.3) is 0 Å². The van der Waals surface area contributed by atoms with E-state index in [1.807, 2.05) is 0 Å². The van der Waals surface area contributed by atoms with Crippen molar-refractivity contribution in [1.29, 1.82) is 0 Å². The van der Waals surface area contributed by atoms with Crippen molar-refractivity contribution < 1.29 is 18.0 Å². The predicted molar refractivity (Wildman–Crippen MR) is 48.0 cm³/mol. The molecule has 1 aliphatic heterocycles. The lowest BCUT2D eigenvalue weighted by Crippen LogP contribution is -2.26. The fourth-order valence-electron chi connectivity index (χ4n) is 1.11. The first kappa shape index (κ1) is 11.5. The van der Waals surface area contributed by atoms with E-state index in [1.165, 1.54) is 26.0 Å². The molecule has 0 bridgehead atoms. The van der Waals surface area contributed by atoms with E-state index in [2.05, 4.69) is 5.10 Å². The fraction of sp³-hybridized carbons (Fsp3) is 0.500. The van der Waals surface area contributed by atoms with Gasteiger partial charge < -0.3 is 4.90 Å². The molecule has 0 unspecified atom stereocenters. The van der Waals surface area contributed by atoms with E-state index in [0.29, 0.717) is 5.01 Å². The van der Waals surface area contributed by atoms with Crippen molar-refractivity contribution in [3.63, 3.8) is 0 Å². The maximum Gasteiger partial charge on any atom is 0.435 e. The van der Waals surface area contributed by atoms with E-state index in [-0.39, 0.29) is 0 Å². The van der Waals surface area contributed by atoms with Gasteiger partial charge in [0.15, 0.2) is 5.71 Å². The Balaban J connectivity index is 3.15. The van der Waals surface area contributed by atoms with Gasteiger partial charge in [0.25, 0.3) is 5.91 Å². The summed E-state index contributed by atoms with van der Waals surface area (Å²) in [6.45, 7) is 0. The molecule has 0 saturated carbocycles. The summed E-state index contributed by atoms with van der Waals surface area (Å²) in [5, 5.41) is 3.83. The molecular weight excluding hydrogens is 211 g/mol. The van der Waals surface area contributed by atoms with Gasteiger partial charge in [0.05, 0.1) is 5.57 Å². The molecule has 1 amide bonds. The number of hydrazone groups is 1. The van der Waals surface area contributed by atoms with Gasteiger partial charge in [-0.15, -0.1) is 0 Å². The third-order valence-corrected chi connectivity index (χ3v) is 1.69. The van der Waals surface area contributed by atoms with E-state index < -0.39 is 23.4 Å². The Morgan fingerprint density at radius 3 is 2.33 bits per heavy atom. The predicted octanol–water partition coefficient (Wildman–Crippen LogP) is 0.822. The molecule has 4 nitrogen and oxygen atoms in total. The van der Waals surface area contributed by atoms with Crippen LogP contribution < -0.4 is 0 Å². The Morgan fingerprint density at radius 1 is 1.40 bits per heavy atom. The zero-order valence-electron chi connectivity index (χ0n) is 8.46. The lowest BCUT2D eigenvalue weighted by molar-refractivity contribution is -0.124. The van der Waals surface area contributed by atoms with Gasteiger partial charge in [0.1, 0.15) is 0 Å². The summed E-state index contributed by atoms with van der Waals surface area (Å²) in [4.78, 5) is 12.7. The number of alkyl halides is 3. The number of carbonyl (C=O) groups excluding carboxylic acids is 1. The maximum atomic E-state index is 12.4. The van der Waals surface area contributed by atoms with Crippen LogP contribution in [0.1, 0.15) is 0 Å². The first-order valence-electron chi connectivity index (χ1n) is 4.06. The van der Waals surface area contributed by atoms with Crippen molar-refractivity contribution in [3.8, 4) is 0 Å². The second-order valence-electron chi connectivity index (χ2n) is 3.28. The number of amides is 1. The number of nitrogens with zero attached hydrogens (tertiary/aromatic N) is 3. The summed E-state index contributed by atoms with van der Waals surface area (Å²) in [5.41, 5.74) is -1.58. The van der Waals surface area contributed by atoms with Crippen molar-refractivity contribution in [2.45, 2.75) is 6.18 Å².